The number of aliphatic hydroxyl groups is 1. The number of rotatable bonds is 7. The van der Waals surface area contributed by atoms with E-state index in [2.05, 4.69) is 126 Å². The number of benzene rings is 5. The van der Waals surface area contributed by atoms with Gasteiger partial charge in [-0.05, 0) is 104 Å². The van der Waals surface area contributed by atoms with Gasteiger partial charge in [-0.1, -0.05) is 84.1 Å². The molecule has 0 atom stereocenters. The van der Waals surface area contributed by atoms with Crippen molar-refractivity contribution in [2.45, 2.75) is 13.8 Å². The monoisotopic (exact) mass is 1920 g/mol. The smallest absolute Gasteiger partial charge is 0.574 e. The summed E-state index contributed by atoms with van der Waals surface area (Å²) in [6, 6.07) is 66.3. The predicted octanol–water partition coefficient (Wildman–Crippen LogP) is 14.7. The van der Waals surface area contributed by atoms with Gasteiger partial charge >= 0.3 is 26.1 Å². The third-order valence-corrected chi connectivity index (χ3v) is 12.4. The van der Waals surface area contributed by atoms with Gasteiger partial charge in [0.1, 0.15) is 5.69 Å². The number of thiophene rings is 1. The molecular formula is C67H54F3Ir4N10O4S-4. The first kappa shape index (κ1) is 75.1. The van der Waals surface area contributed by atoms with Gasteiger partial charge in [0.05, 0.1) is 5.76 Å². The van der Waals surface area contributed by atoms with Crippen LogP contribution >= 0.6 is 11.3 Å². The Labute approximate surface area is 573 Å². The molecule has 5 aromatic carbocycles. The second kappa shape index (κ2) is 39.7. The van der Waals surface area contributed by atoms with Crippen LogP contribution in [0.3, 0.4) is 0 Å². The molecule has 89 heavy (non-hydrogen) atoms. The minimum atomic E-state index is -0.990. The van der Waals surface area contributed by atoms with Crippen molar-refractivity contribution in [3.63, 3.8) is 0 Å². The number of carbonyl (C=O) groups excluding carboxylic acids is 1. The van der Waals surface area contributed by atoms with Crippen LogP contribution in [-0.4, -0.2) is 66.0 Å². The number of anilines is 4. The molecule has 8 heterocycles. The average Bonchev–Trinajstić information content (AvgIpc) is 3.92. The molecule has 3 radical (unpaired) electrons. The first-order valence-electron chi connectivity index (χ1n) is 25.8. The number of allylic oxidation sites excluding steroid dienone is 2. The molecule has 6 aromatic heterocycles. The van der Waals surface area contributed by atoms with Gasteiger partial charge in [0, 0.05) is 138 Å². The summed E-state index contributed by atoms with van der Waals surface area (Å²) in [6.45, 7) is 6.82. The number of ketones is 1. The van der Waals surface area contributed by atoms with Gasteiger partial charge in [-0.2, -0.15) is 49.7 Å². The van der Waals surface area contributed by atoms with E-state index in [0.29, 0.717) is 5.69 Å². The standard InChI is InChI=1S/C14H12N2.C13H8NS.C11H6F2N.C10H9FN2.C8H6N3.C6H5NO2.C5H8O2.4Ir/c1-15-11-16(12-7-3-2-4-8-12)14-10-6-5-9-13(14)15;1-2-7-12-10(5-1)9-13(15-12)11-6-3-4-8-14-11;12-8-4-5-9(10(13)7-8)11-3-1-2-6-14-11;1-12-6-7-13(8-12)10-4-2-9(11)3-5-10;1-2-5-9-7(3-1)8-4-6-10-11-8;8-6(9)5-3-1-2-4-7-5;1-4(6)3-5(2)7;;;;/h2-7,9-11H,1H3;1-8H;1-4,6-7H;2-4,6-8H,1H3;1-6H;1-4H,(H,8,9);3,6H,1-2H3;;;;/q-2;2*-1;-2;-1;;;;;;+3. The van der Waals surface area contributed by atoms with Gasteiger partial charge in [-0.3, -0.25) is 22.9 Å². The fourth-order valence-corrected chi connectivity index (χ4v) is 8.47. The van der Waals surface area contributed by atoms with Crippen molar-refractivity contribution in [2.75, 3.05) is 28.8 Å². The fraction of sp³-hybridized carbons (Fsp3) is 0.0597. The molecular weight excluding hydrogens is 1870 g/mol. The van der Waals surface area contributed by atoms with Crippen LogP contribution in [0.4, 0.5) is 35.9 Å². The van der Waals surface area contributed by atoms with E-state index >= 15 is 0 Å². The van der Waals surface area contributed by atoms with Gasteiger partial charge in [-0.15, -0.1) is 65.3 Å². The number of aromatic nitrogens is 6. The van der Waals surface area contributed by atoms with Crippen LogP contribution in [0, 0.1) is 55.1 Å². The Morgan fingerprint density at radius 1 is 0.607 bits per heavy atom. The number of carboxylic acid groups (broad SMARTS) is 1. The zero-order valence-corrected chi connectivity index (χ0v) is 58.0. The number of fused-ring (bicyclic) bond motifs is 2. The third-order valence-electron chi connectivity index (χ3n) is 11.3. The molecule has 0 fully saturated rings. The number of aromatic carboxylic acids is 1. The molecule has 0 unspecified atom stereocenters. The van der Waals surface area contributed by atoms with E-state index in [9.17, 15) is 22.8 Å². The molecule has 0 spiro atoms. The molecule has 13 rings (SSSR count). The molecule has 0 amide bonds. The predicted molar refractivity (Wildman–Crippen MR) is 327 cm³/mol. The summed E-state index contributed by atoms with van der Waals surface area (Å²) in [4.78, 5) is 45.3. The van der Waals surface area contributed by atoms with Crippen molar-refractivity contribution in [2.24, 2.45) is 0 Å². The normalized spacial score (nSPS) is 11.2. The number of carbonyl (C=O) groups is 2. The number of hydrogen-bond acceptors (Lipinski definition) is 13. The second-order valence-electron chi connectivity index (χ2n) is 17.8. The molecule has 11 aromatic rings. The van der Waals surface area contributed by atoms with E-state index in [4.69, 9.17) is 10.2 Å². The average molecular weight is 1920 g/mol. The van der Waals surface area contributed by atoms with Crippen molar-refractivity contribution >= 4 is 55.9 Å². The minimum absolute atomic E-state index is 0. The summed E-state index contributed by atoms with van der Waals surface area (Å²) in [5.41, 5.74) is 7.73. The second-order valence-corrected chi connectivity index (χ2v) is 18.8. The molecule has 14 nitrogen and oxygen atoms in total. The number of carboxylic acids is 1. The van der Waals surface area contributed by atoms with Crippen molar-refractivity contribution in [1.29, 1.82) is 0 Å². The first-order chi connectivity index (χ1) is 41.2. The SMILES string of the molecule is CC(=O)C=C(C)O.CN1C=CN(c2[c-]cc(F)cc2)[CH-]1.CN1[CH-]N(c2[c-]cccc2)c2ccccc21.Fc1c[c-]c(-c2ccccn2)c(F)c1.O=C(O)c1ccccn1.[Ir+3].[Ir].[Ir].[Ir].[c-]1c(-c2ccccn2)sc2ccccc12.c1ccc(-c2ccn[n-]2)nc1. The maximum atomic E-state index is 13.2. The summed E-state index contributed by atoms with van der Waals surface area (Å²) in [5, 5.41) is 25.4. The maximum Gasteiger partial charge on any atom is 3.00 e. The zero-order valence-electron chi connectivity index (χ0n) is 47.7. The van der Waals surface area contributed by atoms with E-state index < -0.39 is 17.6 Å². The number of hydrogen-bond donors (Lipinski definition) is 2. The van der Waals surface area contributed by atoms with Crippen LogP contribution in [0.5, 0.6) is 0 Å². The summed E-state index contributed by atoms with van der Waals surface area (Å²) >= 11 is 1.73. The van der Waals surface area contributed by atoms with Crippen molar-refractivity contribution < 1.29 is 113 Å². The first-order valence-corrected chi connectivity index (χ1v) is 26.7. The molecule has 463 valence electrons. The molecule has 22 heteroatoms. The Balaban J connectivity index is 0.000000273. The van der Waals surface area contributed by atoms with E-state index in [-0.39, 0.29) is 109 Å². The number of pyridine rings is 4. The Kier molecular flexibility index (Phi) is 33.5. The Morgan fingerprint density at radius 2 is 1.21 bits per heavy atom. The van der Waals surface area contributed by atoms with Gasteiger partial charge in [0.2, 0.25) is 0 Å². The molecule has 0 bridgehead atoms. The number of para-hydroxylation sites is 3. The largest absolute Gasteiger partial charge is 3.00 e. The van der Waals surface area contributed by atoms with Crippen molar-refractivity contribution in [1.82, 2.24) is 35.0 Å². The van der Waals surface area contributed by atoms with Gasteiger partial charge < -0.3 is 50.0 Å². The Hall–Kier alpha value is -8.12. The van der Waals surface area contributed by atoms with Crippen molar-refractivity contribution in [3.05, 3.63) is 298 Å². The molecule has 0 saturated heterocycles. The summed E-state index contributed by atoms with van der Waals surface area (Å²) in [7, 11) is 3.99. The summed E-state index contributed by atoms with van der Waals surface area (Å²) in [5.74, 6) is -2.60. The number of halogens is 3. The zero-order chi connectivity index (χ0) is 60.3. The van der Waals surface area contributed by atoms with E-state index in [1.807, 2.05) is 109 Å². The molecule has 2 N–H and O–H groups in total. The summed E-state index contributed by atoms with van der Waals surface area (Å²) in [6.07, 6.45) is 13.2. The van der Waals surface area contributed by atoms with Gasteiger partial charge in [-0.25, -0.2) is 21.1 Å². The van der Waals surface area contributed by atoms with Crippen molar-refractivity contribution in [3.8, 4) is 33.2 Å². The van der Waals surface area contributed by atoms with E-state index in [1.54, 1.807) is 66.3 Å². The summed E-state index contributed by atoms with van der Waals surface area (Å²) < 4.78 is 39.6. The van der Waals surface area contributed by atoms with Crippen LogP contribution < -0.4 is 19.8 Å². The molecule has 2 aliphatic rings. The molecule has 0 saturated carbocycles. The van der Waals surface area contributed by atoms with Crippen LogP contribution in [-0.2, 0) is 85.2 Å². The number of aliphatic hydroxyl groups excluding tert-OH is 1. The fourth-order valence-electron chi connectivity index (χ4n) is 7.49. The van der Waals surface area contributed by atoms with E-state index in [0.717, 1.165) is 45.5 Å². The van der Waals surface area contributed by atoms with Crippen LogP contribution in [0.15, 0.2) is 237 Å². The van der Waals surface area contributed by atoms with Gasteiger partial charge in [0.25, 0.3) is 0 Å². The minimum Gasteiger partial charge on any atom is -0.574 e. The van der Waals surface area contributed by atoms with Crippen LogP contribution in [0.25, 0.3) is 43.3 Å². The van der Waals surface area contributed by atoms with Gasteiger partial charge in [0.15, 0.2) is 5.78 Å². The molecule has 2 aliphatic heterocycles. The number of nitrogens with zero attached hydrogens (tertiary/aromatic N) is 10. The Bertz CT molecular complexity index is 3840. The molecule has 0 aliphatic carbocycles. The third kappa shape index (κ3) is 24.4. The van der Waals surface area contributed by atoms with Crippen LogP contribution in [0.2, 0.25) is 0 Å². The van der Waals surface area contributed by atoms with Crippen LogP contribution in [0.1, 0.15) is 24.3 Å². The quantitative estimate of drug-likeness (QED) is 0.0879. The van der Waals surface area contributed by atoms with E-state index in [1.165, 1.54) is 65.8 Å². The maximum absolute atomic E-state index is 13.2. The topological polar surface area (TPSA) is 166 Å². The Morgan fingerprint density at radius 3 is 1.72 bits per heavy atom.